The molecule has 78 valence electrons. The standard InChI is InChI=1S/C9H13NO4/c1-3-13-9(12)8(6(2)11)10-14-7-4-5-7/h7H,3-5H2,1-2H3/b10-8-. The molecule has 0 aromatic heterocycles. The van der Waals surface area contributed by atoms with Crippen molar-refractivity contribution in [3.8, 4) is 0 Å². The highest BCUT2D eigenvalue weighted by molar-refractivity contribution is 6.63. The van der Waals surface area contributed by atoms with Crippen LogP contribution in [0.5, 0.6) is 0 Å². The molecule has 0 atom stereocenters. The molecule has 1 fully saturated rings. The minimum absolute atomic E-state index is 0.0683. The van der Waals surface area contributed by atoms with Crippen LogP contribution < -0.4 is 0 Å². The van der Waals surface area contributed by atoms with E-state index in [1.807, 2.05) is 0 Å². The average Bonchev–Trinajstić information content (AvgIpc) is 2.88. The van der Waals surface area contributed by atoms with E-state index in [0.29, 0.717) is 0 Å². The Labute approximate surface area is 82.1 Å². The molecule has 0 unspecified atom stereocenters. The molecule has 14 heavy (non-hydrogen) atoms. The Morgan fingerprint density at radius 1 is 1.43 bits per heavy atom. The third kappa shape index (κ3) is 3.16. The van der Waals surface area contributed by atoms with E-state index >= 15 is 0 Å². The van der Waals surface area contributed by atoms with E-state index in [9.17, 15) is 9.59 Å². The van der Waals surface area contributed by atoms with Crippen LogP contribution in [0, 0.1) is 0 Å². The molecule has 0 N–H and O–H groups in total. The zero-order chi connectivity index (χ0) is 10.6. The lowest BCUT2D eigenvalue weighted by atomic mass is 10.3. The SMILES string of the molecule is CCOC(=O)/C(=N\OC1CC1)C(C)=O. The second kappa shape index (κ2) is 4.74. The number of hydrogen-bond acceptors (Lipinski definition) is 5. The predicted octanol–water partition coefficient (Wildman–Crippen LogP) is 0.673. The Balaban J connectivity index is 2.56. The normalized spacial score (nSPS) is 16.3. The summed E-state index contributed by atoms with van der Waals surface area (Å²) in [5.41, 5.74) is -0.265. The quantitative estimate of drug-likeness (QED) is 0.282. The van der Waals surface area contributed by atoms with Gasteiger partial charge in [0.05, 0.1) is 6.61 Å². The summed E-state index contributed by atoms with van der Waals surface area (Å²) in [6.45, 7) is 3.14. The van der Waals surface area contributed by atoms with Gasteiger partial charge in [-0.1, -0.05) is 5.16 Å². The van der Waals surface area contributed by atoms with Gasteiger partial charge in [0, 0.05) is 6.92 Å². The number of oxime groups is 1. The summed E-state index contributed by atoms with van der Waals surface area (Å²) in [5, 5.41) is 3.50. The largest absolute Gasteiger partial charge is 0.461 e. The lowest BCUT2D eigenvalue weighted by Gasteiger charge is -2.01. The maximum atomic E-state index is 11.2. The fraction of sp³-hybridized carbons (Fsp3) is 0.667. The maximum Gasteiger partial charge on any atom is 0.364 e. The van der Waals surface area contributed by atoms with Crippen molar-refractivity contribution >= 4 is 17.5 Å². The third-order valence-electron chi connectivity index (χ3n) is 1.62. The van der Waals surface area contributed by atoms with E-state index in [0.717, 1.165) is 12.8 Å². The Hall–Kier alpha value is -1.39. The van der Waals surface area contributed by atoms with E-state index in [1.165, 1.54) is 6.92 Å². The monoisotopic (exact) mass is 199 g/mol. The van der Waals surface area contributed by atoms with Crippen LogP contribution in [0.4, 0.5) is 0 Å². The Morgan fingerprint density at radius 3 is 2.50 bits per heavy atom. The number of nitrogens with zero attached hydrogens (tertiary/aromatic N) is 1. The zero-order valence-corrected chi connectivity index (χ0v) is 8.28. The van der Waals surface area contributed by atoms with Crippen LogP contribution in [0.25, 0.3) is 0 Å². The molecule has 1 aliphatic carbocycles. The van der Waals surface area contributed by atoms with Crippen LogP contribution in [0.2, 0.25) is 0 Å². The minimum Gasteiger partial charge on any atom is -0.461 e. The third-order valence-corrected chi connectivity index (χ3v) is 1.62. The van der Waals surface area contributed by atoms with Crippen molar-refractivity contribution in [1.82, 2.24) is 0 Å². The molecule has 0 spiro atoms. The van der Waals surface area contributed by atoms with Crippen molar-refractivity contribution in [2.75, 3.05) is 6.61 Å². The first kappa shape index (κ1) is 10.7. The first-order valence-electron chi connectivity index (χ1n) is 4.57. The van der Waals surface area contributed by atoms with E-state index in [-0.39, 0.29) is 18.4 Å². The summed E-state index contributed by atoms with van der Waals surface area (Å²) in [6.07, 6.45) is 1.92. The molecule has 0 heterocycles. The van der Waals surface area contributed by atoms with Crippen LogP contribution in [0.15, 0.2) is 5.16 Å². The van der Waals surface area contributed by atoms with Crippen LogP contribution >= 0.6 is 0 Å². The van der Waals surface area contributed by atoms with Gasteiger partial charge in [0.2, 0.25) is 5.71 Å². The number of hydrogen-bond donors (Lipinski definition) is 0. The molecular weight excluding hydrogens is 186 g/mol. The van der Waals surface area contributed by atoms with Crippen molar-refractivity contribution in [2.45, 2.75) is 32.8 Å². The zero-order valence-electron chi connectivity index (χ0n) is 8.28. The van der Waals surface area contributed by atoms with Crippen LogP contribution in [0.1, 0.15) is 26.7 Å². The number of carbonyl (C=O) groups is 2. The number of Topliss-reactive ketones (excluding diaryl/α,β-unsaturated/α-hetero) is 1. The fourth-order valence-corrected chi connectivity index (χ4v) is 0.745. The Morgan fingerprint density at radius 2 is 2.07 bits per heavy atom. The molecule has 1 saturated carbocycles. The number of rotatable bonds is 5. The minimum atomic E-state index is -0.722. The first-order valence-corrected chi connectivity index (χ1v) is 4.57. The Kier molecular flexibility index (Phi) is 3.62. The van der Waals surface area contributed by atoms with Crippen molar-refractivity contribution in [1.29, 1.82) is 0 Å². The maximum absolute atomic E-state index is 11.2. The van der Waals surface area contributed by atoms with Gasteiger partial charge in [-0.3, -0.25) is 4.79 Å². The molecular formula is C9H13NO4. The highest BCUT2D eigenvalue weighted by atomic mass is 16.6. The fourth-order valence-electron chi connectivity index (χ4n) is 0.745. The summed E-state index contributed by atoms with van der Waals surface area (Å²) in [7, 11) is 0. The average molecular weight is 199 g/mol. The molecule has 5 nitrogen and oxygen atoms in total. The lowest BCUT2D eigenvalue weighted by Crippen LogP contribution is -2.24. The number of esters is 1. The molecule has 0 saturated heterocycles. The summed E-state index contributed by atoms with van der Waals surface area (Å²) in [6, 6.07) is 0. The number of carbonyl (C=O) groups excluding carboxylic acids is 2. The lowest BCUT2D eigenvalue weighted by molar-refractivity contribution is -0.136. The molecule has 5 heteroatoms. The van der Waals surface area contributed by atoms with Gasteiger partial charge < -0.3 is 9.57 Å². The smallest absolute Gasteiger partial charge is 0.364 e. The molecule has 0 bridgehead atoms. The van der Waals surface area contributed by atoms with Crippen LogP contribution in [-0.4, -0.2) is 30.2 Å². The van der Waals surface area contributed by atoms with Gasteiger partial charge in [0.15, 0.2) is 5.78 Å². The summed E-state index contributed by atoms with van der Waals surface area (Å²) in [5.74, 6) is -1.16. The second-order valence-corrected chi connectivity index (χ2v) is 3.02. The van der Waals surface area contributed by atoms with Crippen molar-refractivity contribution in [3.63, 3.8) is 0 Å². The van der Waals surface area contributed by atoms with Crippen LogP contribution in [0.3, 0.4) is 0 Å². The van der Waals surface area contributed by atoms with Crippen LogP contribution in [-0.2, 0) is 19.2 Å². The molecule has 0 aromatic rings. The Bertz CT molecular complexity index is 268. The summed E-state index contributed by atoms with van der Waals surface area (Å²) in [4.78, 5) is 27.1. The van der Waals surface area contributed by atoms with Gasteiger partial charge in [-0.05, 0) is 19.8 Å². The van der Waals surface area contributed by atoms with Gasteiger partial charge in [-0.15, -0.1) is 0 Å². The molecule has 0 aromatic carbocycles. The molecule has 0 radical (unpaired) electrons. The molecule has 1 rings (SSSR count). The first-order chi connectivity index (χ1) is 6.65. The highest BCUT2D eigenvalue weighted by Crippen LogP contribution is 2.23. The van der Waals surface area contributed by atoms with Crippen molar-refractivity contribution < 1.29 is 19.2 Å². The van der Waals surface area contributed by atoms with E-state index in [4.69, 9.17) is 4.84 Å². The summed E-state index contributed by atoms with van der Waals surface area (Å²) >= 11 is 0. The van der Waals surface area contributed by atoms with Gasteiger partial charge in [0.1, 0.15) is 6.10 Å². The highest BCUT2D eigenvalue weighted by Gasteiger charge is 2.26. The van der Waals surface area contributed by atoms with Gasteiger partial charge >= 0.3 is 5.97 Å². The van der Waals surface area contributed by atoms with Gasteiger partial charge in [-0.25, -0.2) is 4.79 Å². The molecule has 0 amide bonds. The number of ether oxygens (including phenoxy) is 1. The number of ketones is 1. The topological polar surface area (TPSA) is 65.0 Å². The van der Waals surface area contributed by atoms with Gasteiger partial charge in [-0.2, -0.15) is 0 Å². The second-order valence-electron chi connectivity index (χ2n) is 3.02. The van der Waals surface area contributed by atoms with E-state index in [1.54, 1.807) is 6.92 Å². The molecule has 1 aliphatic rings. The van der Waals surface area contributed by atoms with E-state index < -0.39 is 11.8 Å². The van der Waals surface area contributed by atoms with Crippen molar-refractivity contribution in [3.05, 3.63) is 0 Å². The predicted molar refractivity (Wildman–Crippen MR) is 48.9 cm³/mol. The molecule has 0 aliphatic heterocycles. The summed E-state index contributed by atoms with van der Waals surface area (Å²) < 4.78 is 4.65. The van der Waals surface area contributed by atoms with E-state index in [2.05, 4.69) is 9.89 Å². The van der Waals surface area contributed by atoms with Gasteiger partial charge in [0.25, 0.3) is 0 Å². The van der Waals surface area contributed by atoms with Crippen molar-refractivity contribution in [2.24, 2.45) is 5.16 Å².